The molecule has 19 heavy (non-hydrogen) atoms. The second kappa shape index (κ2) is 9.62. The smallest absolute Gasteiger partial charge is 0.119 e. The molecular formula is C17H27NO. The van der Waals surface area contributed by atoms with Gasteiger partial charge in [0.05, 0.1) is 6.61 Å². The van der Waals surface area contributed by atoms with Crippen LogP contribution in [0.2, 0.25) is 0 Å². The van der Waals surface area contributed by atoms with E-state index in [0.717, 1.165) is 31.6 Å². The lowest BCUT2D eigenvalue weighted by Crippen LogP contribution is -2.10. The van der Waals surface area contributed by atoms with E-state index >= 15 is 0 Å². The van der Waals surface area contributed by atoms with Gasteiger partial charge in [0.2, 0.25) is 0 Å². The second-order valence-electron chi connectivity index (χ2n) is 4.95. The van der Waals surface area contributed by atoms with E-state index in [-0.39, 0.29) is 6.04 Å². The summed E-state index contributed by atoms with van der Waals surface area (Å²) in [5, 5.41) is 0. The Hall–Kier alpha value is -1.28. The van der Waals surface area contributed by atoms with Crippen LogP contribution in [0.15, 0.2) is 36.9 Å². The lowest BCUT2D eigenvalue weighted by atomic mass is 10.0. The maximum absolute atomic E-state index is 6.23. The molecular weight excluding hydrogens is 234 g/mol. The third kappa shape index (κ3) is 6.44. The minimum absolute atomic E-state index is 0.119. The second-order valence-corrected chi connectivity index (χ2v) is 4.95. The van der Waals surface area contributed by atoms with Crippen LogP contribution in [0.4, 0.5) is 0 Å². The molecule has 0 spiro atoms. The van der Waals surface area contributed by atoms with Gasteiger partial charge in [-0.05, 0) is 43.4 Å². The summed E-state index contributed by atoms with van der Waals surface area (Å²) in [5.41, 5.74) is 7.41. The zero-order valence-electron chi connectivity index (χ0n) is 12.1. The van der Waals surface area contributed by atoms with E-state index in [1.165, 1.54) is 24.8 Å². The molecule has 0 saturated heterocycles. The molecule has 2 nitrogen and oxygen atoms in total. The van der Waals surface area contributed by atoms with Gasteiger partial charge in [0.1, 0.15) is 5.75 Å². The number of benzene rings is 1. The Labute approximate surface area is 117 Å². The van der Waals surface area contributed by atoms with Gasteiger partial charge in [-0.25, -0.2) is 0 Å². The lowest BCUT2D eigenvalue weighted by Gasteiger charge is -2.13. The predicted molar refractivity (Wildman–Crippen MR) is 82.4 cm³/mol. The van der Waals surface area contributed by atoms with E-state index in [9.17, 15) is 0 Å². The van der Waals surface area contributed by atoms with Crippen LogP contribution in [-0.2, 0) is 0 Å². The number of ether oxygens (including phenoxy) is 1. The summed E-state index contributed by atoms with van der Waals surface area (Å²) in [5.74, 6) is 0.932. The third-order valence-electron chi connectivity index (χ3n) is 3.18. The van der Waals surface area contributed by atoms with Gasteiger partial charge in [-0.2, -0.15) is 0 Å². The molecule has 0 aliphatic heterocycles. The topological polar surface area (TPSA) is 35.2 Å². The van der Waals surface area contributed by atoms with Crippen LogP contribution >= 0.6 is 0 Å². The molecule has 1 aromatic carbocycles. The van der Waals surface area contributed by atoms with Crippen molar-refractivity contribution in [2.75, 3.05) is 6.61 Å². The highest BCUT2D eigenvalue weighted by atomic mass is 16.5. The molecule has 0 aliphatic carbocycles. The molecule has 0 saturated carbocycles. The Morgan fingerprint density at radius 2 is 2.16 bits per heavy atom. The quantitative estimate of drug-likeness (QED) is 0.493. The van der Waals surface area contributed by atoms with E-state index in [1.54, 1.807) is 0 Å². The normalized spacial score (nSPS) is 12.1. The summed E-state index contributed by atoms with van der Waals surface area (Å²) >= 11 is 0. The summed E-state index contributed by atoms with van der Waals surface area (Å²) in [6.07, 6.45) is 8.77. The molecule has 1 aromatic rings. The van der Waals surface area contributed by atoms with Crippen LogP contribution in [0.3, 0.4) is 0 Å². The van der Waals surface area contributed by atoms with Crippen molar-refractivity contribution in [3.8, 4) is 5.75 Å². The summed E-state index contributed by atoms with van der Waals surface area (Å²) in [6, 6.07) is 8.31. The molecule has 0 aromatic heterocycles. The molecule has 2 N–H and O–H groups in total. The first-order valence-corrected chi connectivity index (χ1v) is 7.37. The molecule has 0 radical (unpaired) electrons. The summed E-state index contributed by atoms with van der Waals surface area (Å²) in [4.78, 5) is 0. The Balaban J connectivity index is 2.38. The monoisotopic (exact) mass is 261 g/mol. The molecule has 0 fully saturated rings. The van der Waals surface area contributed by atoms with Gasteiger partial charge in [0.15, 0.2) is 0 Å². The number of unbranched alkanes of at least 4 members (excludes halogenated alkanes) is 3. The minimum atomic E-state index is 0.119. The Morgan fingerprint density at radius 3 is 2.89 bits per heavy atom. The van der Waals surface area contributed by atoms with Crippen molar-refractivity contribution in [1.29, 1.82) is 0 Å². The molecule has 0 amide bonds. The van der Waals surface area contributed by atoms with Gasteiger partial charge in [0.25, 0.3) is 0 Å². The Bertz CT molecular complexity index is 362. The number of hydrogen-bond donors (Lipinski definition) is 1. The standard InChI is InChI=1S/C17H27NO/c1-3-5-6-7-8-12-17(18)15-10-9-11-16(14-15)19-13-4-2/h3,9-11,14,17H,1,4-8,12-13,18H2,2H3. The van der Waals surface area contributed by atoms with Crippen LogP contribution in [-0.4, -0.2) is 6.61 Å². The van der Waals surface area contributed by atoms with Crippen molar-refractivity contribution in [2.24, 2.45) is 5.73 Å². The molecule has 0 aliphatic rings. The summed E-state index contributed by atoms with van der Waals surface area (Å²) in [6.45, 7) is 6.61. The number of allylic oxidation sites excluding steroid dienone is 1. The molecule has 1 atom stereocenters. The molecule has 1 unspecified atom stereocenters. The van der Waals surface area contributed by atoms with Gasteiger partial charge >= 0.3 is 0 Å². The van der Waals surface area contributed by atoms with Gasteiger partial charge in [0, 0.05) is 6.04 Å². The van der Waals surface area contributed by atoms with Crippen molar-refractivity contribution < 1.29 is 4.74 Å². The van der Waals surface area contributed by atoms with Crippen molar-refractivity contribution in [3.05, 3.63) is 42.5 Å². The number of nitrogens with two attached hydrogens (primary N) is 1. The van der Waals surface area contributed by atoms with Crippen molar-refractivity contribution >= 4 is 0 Å². The largest absolute Gasteiger partial charge is 0.494 e. The highest BCUT2D eigenvalue weighted by Gasteiger charge is 2.06. The van der Waals surface area contributed by atoms with Gasteiger partial charge < -0.3 is 10.5 Å². The van der Waals surface area contributed by atoms with Crippen molar-refractivity contribution in [1.82, 2.24) is 0 Å². The highest BCUT2D eigenvalue weighted by Crippen LogP contribution is 2.22. The van der Waals surface area contributed by atoms with E-state index in [0.29, 0.717) is 0 Å². The molecule has 1 rings (SSSR count). The van der Waals surface area contributed by atoms with Crippen LogP contribution < -0.4 is 10.5 Å². The lowest BCUT2D eigenvalue weighted by molar-refractivity contribution is 0.317. The van der Waals surface area contributed by atoms with Crippen LogP contribution in [0.5, 0.6) is 5.75 Å². The highest BCUT2D eigenvalue weighted by molar-refractivity contribution is 5.30. The summed E-state index contributed by atoms with van der Waals surface area (Å²) < 4.78 is 5.64. The Kier molecular flexibility index (Phi) is 7.99. The Morgan fingerprint density at radius 1 is 1.32 bits per heavy atom. The SMILES string of the molecule is C=CCCCCCC(N)c1cccc(OCCC)c1. The van der Waals surface area contributed by atoms with Crippen molar-refractivity contribution in [2.45, 2.75) is 51.5 Å². The average molecular weight is 261 g/mol. The maximum Gasteiger partial charge on any atom is 0.119 e. The molecule has 0 heterocycles. The molecule has 106 valence electrons. The fourth-order valence-corrected chi connectivity index (χ4v) is 2.05. The molecule has 2 heteroatoms. The van der Waals surface area contributed by atoms with Crippen LogP contribution in [0.1, 0.15) is 57.1 Å². The maximum atomic E-state index is 6.23. The minimum Gasteiger partial charge on any atom is -0.494 e. The van der Waals surface area contributed by atoms with E-state index < -0.39 is 0 Å². The van der Waals surface area contributed by atoms with E-state index in [2.05, 4.69) is 25.6 Å². The average Bonchev–Trinajstić information content (AvgIpc) is 2.45. The number of hydrogen-bond acceptors (Lipinski definition) is 2. The summed E-state index contributed by atoms with van der Waals surface area (Å²) in [7, 11) is 0. The fraction of sp³-hybridized carbons (Fsp3) is 0.529. The zero-order chi connectivity index (χ0) is 13.9. The first-order valence-electron chi connectivity index (χ1n) is 7.37. The van der Waals surface area contributed by atoms with Gasteiger partial charge in [-0.1, -0.05) is 38.0 Å². The van der Waals surface area contributed by atoms with E-state index in [1.807, 2.05) is 18.2 Å². The first-order chi connectivity index (χ1) is 9.27. The number of rotatable bonds is 10. The zero-order valence-corrected chi connectivity index (χ0v) is 12.1. The van der Waals surface area contributed by atoms with Crippen molar-refractivity contribution in [3.63, 3.8) is 0 Å². The van der Waals surface area contributed by atoms with E-state index in [4.69, 9.17) is 10.5 Å². The third-order valence-corrected chi connectivity index (χ3v) is 3.18. The van der Waals surface area contributed by atoms with Gasteiger partial charge in [-0.3, -0.25) is 0 Å². The van der Waals surface area contributed by atoms with Gasteiger partial charge in [-0.15, -0.1) is 6.58 Å². The molecule has 0 bridgehead atoms. The fourth-order valence-electron chi connectivity index (χ4n) is 2.05. The predicted octanol–water partition coefficient (Wildman–Crippen LogP) is 4.61. The van der Waals surface area contributed by atoms with Crippen LogP contribution in [0.25, 0.3) is 0 Å². The van der Waals surface area contributed by atoms with Crippen LogP contribution in [0, 0.1) is 0 Å². The first kappa shape index (κ1) is 15.8.